The Morgan fingerprint density at radius 2 is 1.58 bits per heavy atom. The first-order chi connectivity index (χ1) is 9.27. The Morgan fingerprint density at radius 1 is 1.00 bits per heavy atom. The number of carbonyl (C=O) groups is 1. The van der Waals surface area contributed by atoms with Crippen LogP contribution in [0.25, 0.3) is 0 Å². The van der Waals surface area contributed by atoms with Crippen LogP contribution in [0.3, 0.4) is 0 Å². The van der Waals surface area contributed by atoms with Crippen LogP contribution in [0, 0.1) is 11.8 Å². The van der Waals surface area contributed by atoms with Crippen LogP contribution in [0.4, 0.5) is 0 Å². The van der Waals surface area contributed by atoms with Crippen molar-refractivity contribution in [3.8, 4) is 11.8 Å². The molecule has 0 saturated heterocycles. The Labute approximate surface area is 118 Å². The van der Waals surface area contributed by atoms with Gasteiger partial charge in [0.1, 0.15) is 0 Å². The highest BCUT2D eigenvalue weighted by molar-refractivity contribution is 5.65. The highest BCUT2D eigenvalue weighted by atomic mass is 16.5. The quantitative estimate of drug-likeness (QED) is 0.326. The van der Waals surface area contributed by atoms with E-state index < -0.39 is 0 Å². The predicted octanol–water partition coefficient (Wildman–Crippen LogP) is 4.64. The Kier molecular flexibility index (Phi) is 13.9. The maximum atomic E-state index is 10.5. The average Bonchev–Trinajstić information content (AvgIpc) is 2.39. The van der Waals surface area contributed by atoms with E-state index >= 15 is 0 Å². The van der Waals surface area contributed by atoms with Crippen LogP contribution < -0.4 is 0 Å². The zero-order valence-electron chi connectivity index (χ0n) is 12.5. The molecule has 19 heavy (non-hydrogen) atoms. The molecular formula is C17H28O2. The first-order valence-electron chi connectivity index (χ1n) is 7.50. The van der Waals surface area contributed by atoms with Gasteiger partial charge in [-0.3, -0.25) is 4.79 Å². The maximum Gasteiger partial charge on any atom is 0.302 e. The van der Waals surface area contributed by atoms with Gasteiger partial charge in [0, 0.05) is 13.3 Å². The van der Waals surface area contributed by atoms with Crippen LogP contribution in [-0.2, 0) is 9.53 Å². The van der Waals surface area contributed by atoms with Gasteiger partial charge in [-0.1, -0.05) is 56.4 Å². The van der Waals surface area contributed by atoms with Gasteiger partial charge in [0.2, 0.25) is 0 Å². The van der Waals surface area contributed by atoms with Gasteiger partial charge in [-0.05, 0) is 25.8 Å². The van der Waals surface area contributed by atoms with E-state index in [1.807, 2.05) is 19.1 Å². The topological polar surface area (TPSA) is 26.3 Å². The third-order valence-electron chi connectivity index (χ3n) is 2.85. The molecule has 0 spiro atoms. The summed E-state index contributed by atoms with van der Waals surface area (Å²) < 4.78 is 4.89. The maximum absolute atomic E-state index is 10.5. The lowest BCUT2D eigenvalue weighted by Gasteiger charge is -2.02. The van der Waals surface area contributed by atoms with E-state index in [1.165, 1.54) is 51.9 Å². The molecule has 0 aliphatic rings. The summed E-state index contributed by atoms with van der Waals surface area (Å²) >= 11 is 0. The second kappa shape index (κ2) is 14.8. The summed E-state index contributed by atoms with van der Waals surface area (Å²) in [6.07, 6.45) is 14.7. The van der Waals surface area contributed by atoms with Crippen LogP contribution in [0.2, 0.25) is 0 Å². The standard InChI is InChI=1S/C17H28O2/c1-3-4-5-6-7-8-9-10-11-12-13-14-15-16-19-17(2)18/h3-4H,7-16H2,1-2H3/b4-3-. The molecule has 0 aliphatic heterocycles. The lowest BCUT2D eigenvalue weighted by molar-refractivity contribution is -0.141. The number of hydrogen-bond donors (Lipinski definition) is 0. The summed E-state index contributed by atoms with van der Waals surface area (Å²) in [7, 11) is 0. The van der Waals surface area contributed by atoms with Crippen molar-refractivity contribution in [1.82, 2.24) is 0 Å². The molecule has 0 aromatic rings. The van der Waals surface area contributed by atoms with Crippen molar-refractivity contribution in [1.29, 1.82) is 0 Å². The van der Waals surface area contributed by atoms with Crippen LogP contribution in [0.1, 0.15) is 71.6 Å². The van der Waals surface area contributed by atoms with Crippen LogP contribution in [0.5, 0.6) is 0 Å². The average molecular weight is 264 g/mol. The van der Waals surface area contributed by atoms with Gasteiger partial charge in [0.25, 0.3) is 0 Å². The van der Waals surface area contributed by atoms with Crippen LogP contribution in [-0.4, -0.2) is 12.6 Å². The fraction of sp³-hybridized carbons (Fsp3) is 0.706. The molecule has 0 radical (unpaired) electrons. The van der Waals surface area contributed by atoms with Crippen molar-refractivity contribution in [2.45, 2.75) is 71.6 Å². The molecule has 0 saturated carbocycles. The summed E-state index contributed by atoms with van der Waals surface area (Å²) in [5, 5.41) is 0. The zero-order chi connectivity index (χ0) is 14.2. The Balaban J connectivity index is 3.07. The Hall–Kier alpha value is -1.23. The molecule has 0 aromatic carbocycles. The van der Waals surface area contributed by atoms with E-state index in [2.05, 4.69) is 11.8 Å². The van der Waals surface area contributed by atoms with Gasteiger partial charge in [0.05, 0.1) is 6.61 Å². The van der Waals surface area contributed by atoms with Crippen LogP contribution in [0.15, 0.2) is 12.2 Å². The fourth-order valence-electron chi connectivity index (χ4n) is 1.81. The lowest BCUT2D eigenvalue weighted by atomic mass is 10.1. The SMILES string of the molecule is C/C=C\C#CCCCCCCCCCCOC(C)=O. The summed E-state index contributed by atoms with van der Waals surface area (Å²) in [5.41, 5.74) is 0. The van der Waals surface area contributed by atoms with Crippen molar-refractivity contribution in [2.75, 3.05) is 6.61 Å². The number of esters is 1. The minimum absolute atomic E-state index is 0.169. The van der Waals surface area contributed by atoms with Crippen molar-refractivity contribution < 1.29 is 9.53 Å². The second-order valence-electron chi connectivity index (χ2n) is 4.74. The van der Waals surface area contributed by atoms with Gasteiger partial charge in [-0.15, -0.1) is 0 Å². The number of rotatable bonds is 10. The Bertz CT molecular complexity index is 294. The monoisotopic (exact) mass is 264 g/mol. The van der Waals surface area contributed by atoms with Gasteiger partial charge in [-0.25, -0.2) is 0 Å². The van der Waals surface area contributed by atoms with E-state index in [1.54, 1.807) is 0 Å². The number of hydrogen-bond acceptors (Lipinski definition) is 2. The molecule has 0 rings (SSSR count). The minimum atomic E-state index is -0.169. The highest BCUT2D eigenvalue weighted by Crippen LogP contribution is 2.09. The summed E-state index contributed by atoms with van der Waals surface area (Å²) in [5.74, 6) is 5.98. The number of allylic oxidation sites excluding steroid dienone is 2. The molecule has 0 bridgehead atoms. The molecule has 0 N–H and O–H groups in total. The Morgan fingerprint density at radius 3 is 2.16 bits per heavy atom. The molecule has 108 valence electrons. The fourth-order valence-corrected chi connectivity index (χ4v) is 1.81. The molecule has 0 aliphatic carbocycles. The van der Waals surface area contributed by atoms with E-state index in [4.69, 9.17) is 4.74 Å². The minimum Gasteiger partial charge on any atom is -0.466 e. The largest absolute Gasteiger partial charge is 0.466 e. The van der Waals surface area contributed by atoms with Gasteiger partial charge >= 0.3 is 5.97 Å². The highest BCUT2D eigenvalue weighted by Gasteiger charge is 1.94. The number of carbonyl (C=O) groups excluding carboxylic acids is 1. The molecule has 0 atom stereocenters. The summed E-state index contributed by atoms with van der Waals surface area (Å²) in [6, 6.07) is 0. The van der Waals surface area contributed by atoms with Gasteiger partial charge in [-0.2, -0.15) is 0 Å². The molecule has 0 heterocycles. The third kappa shape index (κ3) is 16.8. The molecule has 2 heteroatoms. The molecule has 2 nitrogen and oxygen atoms in total. The third-order valence-corrected chi connectivity index (χ3v) is 2.85. The lowest BCUT2D eigenvalue weighted by Crippen LogP contribution is -2.00. The van der Waals surface area contributed by atoms with Crippen molar-refractivity contribution in [3.05, 3.63) is 12.2 Å². The number of unbranched alkanes of at least 4 members (excludes halogenated alkanes) is 8. The second-order valence-corrected chi connectivity index (χ2v) is 4.74. The molecule has 0 fully saturated rings. The van der Waals surface area contributed by atoms with E-state index in [0.717, 1.165) is 12.8 Å². The van der Waals surface area contributed by atoms with E-state index in [0.29, 0.717) is 6.61 Å². The first-order valence-corrected chi connectivity index (χ1v) is 7.50. The molecule has 0 amide bonds. The zero-order valence-corrected chi connectivity index (χ0v) is 12.5. The summed E-state index contributed by atoms with van der Waals surface area (Å²) in [4.78, 5) is 10.5. The van der Waals surface area contributed by atoms with Gasteiger partial charge in [0.15, 0.2) is 0 Å². The predicted molar refractivity (Wildman–Crippen MR) is 80.8 cm³/mol. The first kappa shape index (κ1) is 17.8. The summed E-state index contributed by atoms with van der Waals surface area (Å²) in [6.45, 7) is 4.03. The van der Waals surface area contributed by atoms with E-state index in [9.17, 15) is 4.79 Å². The number of ether oxygens (including phenoxy) is 1. The van der Waals surface area contributed by atoms with Crippen molar-refractivity contribution in [2.24, 2.45) is 0 Å². The van der Waals surface area contributed by atoms with E-state index in [-0.39, 0.29) is 5.97 Å². The van der Waals surface area contributed by atoms with Gasteiger partial charge < -0.3 is 4.74 Å². The van der Waals surface area contributed by atoms with Crippen molar-refractivity contribution >= 4 is 5.97 Å². The van der Waals surface area contributed by atoms with Crippen molar-refractivity contribution in [3.63, 3.8) is 0 Å². The smallest absolute Gasteiger partial charge is 0.302 e. The van der Waals surface area contributed by atoms with Crippen LogP contribution >= 0.6 is 0 Å². The normalized spacial score (nSPS) is 10.2. The molecule has 0 unspecified atom stereocenters. The molecular weight excluding hydrogens is 236 g/mol. The molecule has 0 aromatic heterocycles.